The van der Waals surface area contributed by atoms with Crippen molar-refractivity contribution in [1.82, 2.24) is 0 Å². The molecule has 3 rings (SSSR count). The standard InChI is InChI=1S/C25H27ClN2O2/c1-4-19-6-9-21(10-7-19)27-15-20-8-12-24(22(26)14-20)30-16-25(29)28-23-11-5-17(2)13-18(23)3/h5-14,27H,4,15-16H2,1-3H3,(H,28,29). The molecule has 0 unspecified atom stereocenters. The number of halogens is 1. The fraction of sp³-hybridized carbons (Fsp3) is 0.240. The average molecular weight is 423 g/mol. The summed E-state index contributed by atoms with van der Waals surface area (Å²) in [4.78, 5) is 12.2. The lowest BCUT2D eigenvalue weighted by Crippen LogP contribution is -2.20. The lowest BCUT2D eigenvalue weighted by Gasteiger charge is -2.12. The minimum atomic E-state index is -0.223. The number of benzene rings is 3. The van der Waals surface area contributed by atoms with Crippen molar-refractivity contribution in [3.63, 3.8) is 0 Å². The van der Waals surface area contributed by atoms with E-state index in [1.807, 2.05) is 44.2 Å². The lowest BCUT2D eigenvalue weighted by atomic mass is 10.1. The summed E-state index contributed by atoms with van der Waals surface area (Å²) in [6.07, 6.45) is 1.03. The van der Waals surface area contributed by atoms with E-state index in [1.165, 1.54) is 5.56 Å². The van der Waals surface area contributed by atoms with Crippen LogP contribution in [-0.4, -0.2) is 12.5 Å². The van der Waals surface area contributed by atoms with Gasteiger partial charge in [-0.25, -0.2) is 0 Å². The van der Waals surface area contributed by atoms with Crippen LogP contribution in [0.1, 0.15) is 29.2 Å². The van der Waals surface area contributed by atoms with Gasteiger partial charge in [0, 0.05) is 17.9 Å². The zero-order valence-electron chi connectivity index (χ0n) is 17.6. The molecule has 3 aromatic rings. The molecule has 0 heterocycles. The van der Waals surface area contributed by atoms with E-state index in [2.05, 4.69) is 41.8 Å². The van der Waals surface area contributed by atoms with Gasteiger partial charge >= 0.3 is 0 Å². The summed E-state index contributed by atoms with van der Waals surface area (Å²) in [5.41, 5.74) is 6.36. The molecule has 0 aliphatic heterocycles. The molecule has 30 heavy (non-hydrogen) atoms. The quantitative estimate of drug-likeness (QED) is 0.457. The average Bonchev–Trinajstić information content (AvgIpc) is 2.74. The molecule has 0 bridgehead atoms. The first-order valence-corrected chi connectivity index (χ1v) is 10.4. The molecule has 0 saturated heterocycles. The van der Waals surface area contributed by atoms with Crippen LogP contribution in [0.4, 0.5) is 11.4 Å². The Bertz CT molecular complexity index is 1020. The summed E-state index contributed by atoms with van der Waals surface area (Å²) in [6, 6.07) is 19.9. The molecule has 0 saturated carbocycles. The van der Waals surface area contributed by atoms with E-state index in [4.69, 9.17) is 16.3 Å². The molecule has 5 heteroatoms. The number of hydrogen-bond donors (Lipinski definition) is 2. The summed E-state index contributed by atoms with van der Waals surface area (Å²) in [7, 11) is 0. The normalized spacial score (nSPS) is 10.5. The monoisotopic (exact) mass is 422 g/mol. The number of hydrogen-bond acceptors (Lipinski definition) is 3. The molecule has 0 radical (unpaired) electrons. The molecule has 1 amide bonds. The second-order valence-corrected chi connectivity index (χ2v) is 7.73. The van der Waals surface area contributed by atoms with Crippen LogP contribution in [0.15, 0.2) is 60.7 Å². The van der Waals surface area contributed by atoms with Gasteiger partial charge in [0.25, 0.3) is 5.91 Å². The Kier molecular flexibility index (Phi) is 7.36. The van der Waals surface area contributed by atoms with Crippen LogP contribution in [0.3, 0.4) is 0 Å². The highest BCUT2D eigenvalue weighted by Crippen LogP contribution is 2.26. The summed E-state index contributed by atoms with van der Waals surface area (Å²) >= 11 is 6.35. The van der Waals surface area contributed by atoms with E-state index >= 15 is 0 Å². The van der Waals surface area contributed by atoms with Gasteiger partial charge in [0.05, 0.1) is 5.02 Å². The van der Waals surface area contributed by atoms with E-state index in [0.29, 0.717) is 17.3 Å². The van der Waals surface area contributed by atoms with Crippen molar-refractivity contribution in [3.05, 3.63) is 87.9 Å². The van der Waals surface area contributed by atoms with Gasteiger partial charge in [-0.3, -0.25) is 4.79 Å². The van der Waals surface area contributed by atoms with Gasteiger partial charge in [-0.2, -0.15) is 0 Å². The van der Waals surface area contributed by atoms with Crippen LogP contribution in [0, 0.1) is 13.8 Å². The summed E-state index contributed by atoms with van der Waals surface area (Å²) in [5, 5.41) is 6.73. The molecule has 0 fully saturated rings. The minimum absolute atomic E-state index is 0.103. The summed E-state index contributed by atoms with van der Waals surface area (Å²) in [5.74, 6) is 0.266. The van der Waals surface area contributed by atoms with Gasteiger partial charge in [-0.1, -0.05) is 54.4 Å². The first-order valence-electron chi connectivity index (χ1n) is 10.1. The molecule has 3 aromatic carbocycles. The fourth-order valence-corrected chi connectivity index (χ4v) is 3.37. The Balaban J connectivity index is 1.52. The number of ether oxygens (including phenoxy) is 1. The van der Waals surface area contributed by atoms with Gasteiger partial charge in [-0.05, 0) is 67.3 Å². The Hall–Kier alpha value is -2.98. The minimum Gasteiger partial charge on any atom is -0.482 e. The summed E-state index contributed by atoms with van der Waals surface area (Å²) < 4.78 is 5.61. The van der Waals surface area contributed by atoms with Crippen molar-refractivity contribution < 1.29 is 9.53 Å². The van der Waals surface area contributed by atoms with E-state index in [9.17, 15) is 4.79 Å². The highest BCUT2D eigenvalue weighted by molar-refractivity contribution is 6.32. The van der Waals surface area contributed by atoms with Crippen LogP contribution in [0.5, 0.6) is 5.75 Å². The van der Waals surface area contributed by atoms with Crippen LogP contribution in [-0.2, 0) is 17.8 Å². The lowest BCUT2D eigenvalue weighted by molar-refractivity contribution is -0.118. The highest BCUT2D eigenvalue weighted by atomic mass is 35.5. The van der Waals surface area contributed by atoms with Gasteiger partial charge in [-0.15, -0.1) is 0 Å². The van der Waals surface area contributed by atoms with E-state index in [-0.39, 0.29) is 12.5 Å². The molecular formula is C25H27ClN2O2. The second kappa shape index (κ2) is 10.2. The number of rotatable bonds is 8. The molecule has 0 spiro atoms. The Morgan fingerprint density at radius 2 is 1.70 bits per heavy atom. The molecule has 0 aliphatic carbocycles. The third-order valence-corrected chi connectivity index (χ3v) is 5.17. The zero-order valence-corrected chi connectivity index (χ0v) is 18.3. The highest BCUT2D eigenvalue weighted by Gasteiger charge is 2.09. The maximum absolute atomic E-state index is 12.2. The van der Waals surface area contributed by atoms with Crippen molar-refractivity contribution in [2.45, 2.75) is 33.7 Å². The smallest absolute Gasteiger partial charge is 0.262 e. The number of amides is 1. The van der Waals surface area contributed by atoms with Gasteiger partial charge < -0.3 is 15.4 Å². The van der Waals surface area contributed by atoms with Crippen LogP contribution < -0.4 is 15.4 Å². The second-order valence-electron chi connectivity index (χ2n) is 7.32. The number of anilines is 2. The van der Waals surface area contributed by atoms with Gasteiger partial charge in [0.2, 0.25) is 0 Å². The number of aryl methyl sites for hydroxylation is 3. The molecule has 2 N–H and O–H groups in total. The van der Waals surface area contributed by atoms with Crippen molar-refractivity contribution in [2.75, 3.05) is 17.2 Å². The molecule has 0 aliphatic rings. The maximum atomic E-state index is 12.2. The molecule has 4 nitrogen and oxygen atoms in total. The maximum Gasteiger partial charge on any atom is 0.262 e. The van der Waals surface area contributed by atoms with E-state index in [0.717, 1.165) is 34.5 Å². The predicted octanol–water partition coefficient (Wildman–Crippen LogP) is 6.15. The van der Waals surface area contributed by atoms with Crippen molar-refractivity contribution in [1.29, 1.82) is 0 Å². The van der Waals surface area contributed by atoms with Crippen LogP contribution in [0.2, 0.25) is 5.02 Å². The van der Waals surface area contributed by atoms with Crippen molar-refractivity contribution in [2.24, 2.45) is 0 Å². The van der Waals surface area contributed by atoms with Gasteiger partial charge in [0.1, 0.15) is 5.75 Å². The Morgan fingerprint density at radius 3 is 2.37 bits per heavy atom. The number of carbonyl (C=O) groups is 1. The first kappa shape index (κ1) is 21.7. The molecular weight excluding hydrogens is 396 g/mol. The predicted molar refractivity (Wildman–Crippen MR) is 125 cm³/mol. The molecule has 0 aromatic heterocycles. The molecule has 0 atom stereocenters. The first-order chi connectivity index (χ1) is 14.4. The number of nitrogens with one attached hydrogen (secondary N) is 2. The number of carbonyl (C=O) groups excluding carboxylic acids is 1. The van der Waals surface area contributed by atoms with E-state index in [1.54, 1.807) is 6.07 Å². The van der Waals surface area contributed by atoms with Crippen LogP contribution >= 0.6 is 11.6 Å². The fourth-order valence-electron chi connectivity index (χ4n) is 3.12. The molecule has 156 valence electrons. The van der Waals surface area contributed by atoms with Crippen LogP contribution in [0.25, 0.3) is 0 Å². The Labute approximate surface area is 183 Å². The third kappa shape index (κ3) is 6.01. The Morgan fingerprint density at radius 1 is 0.967 bits per heavy atom. The SMILES string of the molecule is CCc1ccc(NCc2ccc(OCC(=O)Nc3ccc(C)cc3C)c(Cl)c2)cc1. The van der Waals surface area contributed by atoms with Crippen molar-refractivity contribution >= 4 is 28.9 Å². The topological polar surface area (TPSA) is 50.4 Å². The summed E-state index contributed by atoms with van der Waals surface area (Å²) in [6.45, 7) is 6.67. The third-order valence-electron chi connectivity index (χ3n) is 4.87. The zero-order chi connectivity index (χ0) is 21.5. The largest absolute Gasteiger partial charge is 0.482 e. The van der Waals surface area contributed by atoms with E-state index < -0.39 is 0 Å². The van der Waals surface area contributed by atoms with Crippen molar-refractivity contribution in [3.8, 4) is 5.75 Å². The van der Waals surface area contributed by atoms with Gasteiger partial charge in [0.15, 0.2) is 6.61 Å².